The van der Waals surface area contributed by atoms with Crippen LogP contribution in [0.5, 0.6) is 17.2 Å². The van der Waals surface area contributed by atoms with Crippen molar-refractivity contribution >= 4 is 96.1 Å². The van der Waals surface area contributed by atoms with Gasteiger partial charge in [0, 0.05) is 0 Å². The number of benzene rings is 2. The van der Waals surface area contributed by atoms with Gasteiger partial charge in [-0.2, -0.15) is 0 Å². The molecule has 0 aliphatic rings. The third-order valence-electron chi connectivity index (χ3n) is 3.49. The highest BCUT2D eigenvalue weighted by atomic mass is 127. The Morgan fingerprint density at radius 1 is 1.11 bits per heavy atom. The molecular weight excluding hydrogens is 798 g/mol. The van der Waals surface area contributed by atoms with Crippen molar-refractivity contribution in [3.63, 3.8) is 0 Å². The lowest BCUT2D eigenvalue weighted by Crippen LogP contribution is -2.31. The van der Waals surface area contributed by atoms with E-state index in [9.17, 15) is 9.90 Å². The molecule has 0 heterocycles. The maximum Gasteiger partial charge on any atom is 0.172 e. The summed E-state index contributed by atoms with van der Waals surface area (Å²) < 4.78 is 9.37. The predicted octanol–water partition coefficient (Wildman–Crippen LogP) is 5.78. The number of rotatable bonds is 7. The van der Waals surface area contributed by atoms with Crippen LogP contribution in [-0.2, 0) is 11.2 Å². The third kappa shape index (κ3) is 6.54. The highest BCUT2D eigenvalue weighted by molar-refractivity contribution is 14.1. The zero-order valence-corrected chi connectivity index (χ0v) is 22.5. The van der Waals surface area contributed by atoms with E-state index in [1.807, 2.05) is 12.1 Å². The van der Waals surface area contributed by atoms with Crippen molar-refractivity contribution in [3.8, 4) is 17.2 Å². The fraction of sp³-hybridized carbons (Fsp3) is 0.105. The molecule has 142 valence electrons. The van der Waals surface area contributed by atoms with Crippen LogP contribution in [0.15, 0.2) is 49.1 Å². The number of aromatic hydroxyl groups is 1. The fourth-order valence-corrected chi connectivity index (χ4v) is 6.02. The van der Waals surface area contributed by atoms with E-state index in [1.165, 1.54) is 6.08 Å². The van der Waals surface area contributed by atoms with Crippen molar-refractivity contribution in [1.82, 2.24) is 0 Å². The molecule has 1 atom stereocenters. The Bertz CT molecular complexity index is 866. The van der Waals surface area contributed by atoms with E-state index < -0.39 is 6.04 Å². The number of ketones is 1. The van der Waals surface area contributed by atoms with Crippen LogP contribution in [0.1, 0.15) is 5.56 Å². The molecule has 0 saturated heterocycles. The van der Waals surface area contributed by atoms with Crippen LogP contribution in [0.2, 0.25) is 0 Å². The lowest BCUT2D eigenvalue weighted by atomic mass is 10.0. The SMILES string of the molecule is C=CC=CC(=O)[C@@H](N)Cc1cc(I)c(Oc2cc(I)c(O)c(I)c2)c(I)c1. The average molecular weight is 813 g/mol. The smallest absolute Gasteiger partial charge is 0.172 e. The molecule has 0 saturated carbocycles. The van der Waals surface area contributed by atoms with Crippen molar-refractivity contribution in [1.29, 1.82) is 0 Å². The van der Waals surface area contributed by atoms with Gasteiger partial charge in [-0.05, 0) is 133 Å². The van der Waals surface area contributed by atoms with Crippen LogP contribution in [-0.4, -0.2) is 16.9 Å². The maximum absolute atomic E-state index is 12.0. The van der Waals surface area contributed by atoms with Crippen LogP contribution in [0.4, 0.5) is 0 Å². The Kier molecular flexibility index (Phi) is 9.28. The van der Waals surface area contributed by atoms with Gasteiger partial charge in [0.1, 0.15) is 11.5 Å². The number of hydrogen-bond acceptors (Lipinski definition) is 4. The van der Waals surface area contributed by atoms with E-state index in [0.29, 0.717) is 12.2 Å². The minimum Gasteiger partial charge on any atom is -0.506 e. The number of halogens is 4. The standard InChI is InChI=1S/C19H15I4NO3/c1-2-3-4-17(25)16(24)7-10-5-14(22)19(15(23)6-10)27-11-8-12(20)18(26)13(21)9-11/h2-6,8-9,16,26H,1,7,24H2/t16-/m0/s1. The van der Waals surface area contributed by atoms with Crippen LogP contribution in [0.25, 0.3) is 0 Å². The lowest BCUT2D eigenvalue weighted by Gasteiger charge is -2.14. The Morgan fingerprint density at radius 3 is 2.19 bits per heavy atom. The second-order valence-electron chi connectivity index (χ2n) is 5.53. The number of phenolic OH excluding ortho intramolecular Hbond substituents is 1. The highest BCUT2D eigenvalue weighted by Crippen LogP contribution is 2.36. The number of phenols is 1. The molecule has 2 aromatic carbocycles. The Balaban J connectivity index is 2.23. The van der Waals surface area contributed by atoms with Crippen LogP contribution < -0.4 is 10.5 Å². The summed E-state index contributed by atoms with van der Waals surface area (Å²) in [7, 11) is 0. The first-order chi connectivity index (χ1) is 12.7. The fourth-order valence-electron chi connectivity index (χ4n) is 2.19. The number of ether oxygens (including phenoxy) is 1. The van der Waals surface area contributed by atoms with Gasteiger partial charge >= 0.3 is 0 Å². The predicted molar refractivity (Wildman–Crippen MR) is 142 cm³/mol. The summed E-state index contributed by atoms with van der Waals surface area (Å²) in [5, 5.41) is 9.90. The number of hydrogen-bond donors (Lipinski definition) is 2. The topological polar surface area (TPSA) is 72.6 Å². The molecule has 0 fully saturated rings. The Labute approximate surface area is 212 Å². The maximum atomic E-state index is 12.0. The molecule has 2 aromatic rings. The second kappa shape index (κ2) is 10.7. The monoisotopic (exact) mass is 813 g/mol. The molecule has 0 aliphatic heterocycles. The Hall–Kier alpha value is 0.0700. The summed E-state index contributed by atoms with van der Waals surface area (Å²) in [6.07, 6.45) is 5.03. The first-order valence-electron chi connectivity index (χ1n) is 7.65. The molecule has 0 aliphatic carbocycles. The molecule has 0 unspecified atom stereocenters. The average Bonchev–Trinajstić information content (AvgIpc) is 2.60. The van der Waals surface area contributed by atoms with Gasteiger partial charge in [-0.3, -0.25) is 4.79 Å². The molecule has 0 radical (unpaired) electrons. The molecule has 0 bridgehead atoms. The van der Waals surface area contributed by atoms with E-state index in [1.54, 1.807) is 24.3 Å². The number of nitrogens with two attached hydrogens (primary N) is 1. The molecule has 2 rings (SSSR count). The minimum absolute atomic E-state index is 0.131. The number of carbonyl (C=O) groups is 1. The quantitative estimate of drug-likeness (QED) is 0.212. The highest BCUT2D eigenvalue weighted by Gasteiger charge is 2.16. The Morgan fingerprint density at radius 2 is 1.67 bits per heavy atom. The summed E-state index contributed by atoms with van der Waals surface area (Å²) in [5.74, 6) is 1.52. The van der Waals surface area contributed by atoms with Crippen molar-refractivity contribution in [2.24, 2.45) is 5.73 Å². The van der Waals surface area contributed by atoms with Gasteiger partial charge in [-0.25, -0.2) is 0 Å². The molecule has 27 heavy (non-hydrogen) atoms. The van der Waals surface area contributed by atoms with E-state index in [4.69, 9.17) is 10.5 Å². The molecule has 4 nitrogen and oxygen atoms in total. The summed E-state index contributed by atoms with van der Waals surface area (Å²) in [4.78, 5) is 12.0. The van der Waals surface area contributed by atoms with Gasteiger partial charge in [-0.1, -0.05) is 18.7 Å². The zero-order valence-electron chi connectivity index (χ0n) is 13.9. The molecule has 0 amide bonds. The minimum atomic E-state index is -0.597. The van der Waals surface area contributed by atoms with Gasteiger partial charge in [0.05, 0.1) is 20.3 Å². The van der Waals surface area contributed by atoms with E-state index in [-0.39, 0.29) is 11.5 Å². The molecule has 3 N–H and O–H groups in total. The van der Waals surface area contributed by atoms with Gasteiger partial charge in [-0.15, -0.1) is 0 Å². The van der Waals surface area contributed by atoms with E-state index in [0.717, 1.165) is 25.6 Å². The van der Waals surface area contributed by atoms with Gasteiger partial charge in [0.2, 0.25) is 0 Å². The van der Waals surface area contributed by atoms with Crippen LogP contribution >= 0.6 is 90.4 Å². The van der Waals surface area contributed by atoms with Crippen molar-refractivity contribution in [3.05, 3.63) is 68.9 Å². The second-order valence-corrected chi connectivity index (χ2v) is 10.2. The molecule has 8 heteroatoms. The number of allylic oxidation sites excluding steroid dienone is 2. The summed E-state index contributed by atoms with van der Waals surface area (Å²) >= 11 is 8.57. The number of carbonyl (C=O) groups excluding carboxylic acids is 1. The summed E-state index contributed by atoms with van der Waals surface area (Å²) in [6.45, 7) is 3.55. The summed E-state index contributed by atoms with van der Waals surface area (Å²) in [6, 6.07) is 6.93. The third-order valence-corrected chi connectivity index (χ3v) is 6.73. The van der Waals surface area contributed by atoms with Crippen LogP contribution in [0.3, 0.4) is 0 Å². The largest absolute Gasteiger partial charge is 0.506 e. The first-order valence-corrected chi connectivity index (χ1v) is 12.0. The summed E-state index contributed by atoms with van der Waals surface area (Å²) in [5.41, 5.74) is 6.97. The van der Waals surface area contributed by atoms with Crippen molar-refractivity contribution < 1.29 is 14.6 Å². The van der Waals surface area contributed by atoms with Gasteiger partial charge in [0.25, 0.3) is 0 Å². The van der Waals surface area contributed by atoms with E-state index >= 15 is 0 Å². The molecule has 0 aromatic heterocycles. The normalized spacial score (nSPS) is 12.2. The van der Waals surface area contributed by atoms with Gasteiger partial charge in [0.15, 0.2) is 11.5 Å². The molecule has 0 spiro atoms. The van der Waals surface area contributed by atoms with Gasteiger partial charge < -0.3 is 15.6 Å². The van der Waals surface area contributed by atoms with Crippen molar-refractivity contribution in [2.45, 2.75) is 12.5 Å². The first kappa shape index (κ1) is 23.3. The van der Waals surface area contributed by atoms with Crippen molar-refractivity contribution in [2.75, 3.05) is 0 Å². The zero-order chi connectivity index (χ0) is 20.1. The van der Waals surface area contributed by atoms with E-state index in [2.05, 4.69) is 96.9 Å². The lowest BCUT2D eigenvalue weighted by molar-refractivity contribution is -0.115. The van der Waals surface area contributed by atoms with Crippen LogP contribution in [0, 0.1) is 14.3 Å². The molecular formula is C19H15I4NO3.